The Kier molecular flexibility index (Phi) is 5.55. The van der Waals surface area contributed by atoms with Crippen molar-refractivity contribution in [2.24, 2.45) is 7.05 Å². The summed E-state index contributed by atoms with van der Waals surface area (Å²) in [6, 6.07) is 7.62. The van der Waals surface area contributed by atoms with Crippen LogP contribution >= 0.6 is 0 Å². The van der Waals surface area contributed by atoms with Crippen LogP contribution in [0.15, 0.2) is 30.5 Å². The monoisotopic (exact) mass is 303 g/mol. The van der Waals surface area contributed by atoms with Gasteiger partial charge in [-0.15, -0.1) is 0 Å². The Labute approximate surface area is 130 Å². The van der Waals surface area contributed by atoms with Crippen LogP contribution in [0.25, 0.3) is 0 Å². The summed E-state index contributed by atoms with van der Waals surface area (Å²) in [6.45, 7) is 3.41. The zero-order valence-corrected chi connectivity index (χ0v) is 13.1. The van der Waals surface area contributed by atoms with Crippen molar-refractivity contribution < 1.29 is 14.3 Å². The number of nitrogens with one attached hydrogen (secondary N) is 1. The van der Waals surface area contributed by atoms with Crippen LogP contribution in [0.1, 0.15) is 21.6 Å². The maximum absolute atomic E-state index is 12.1. The van der Waals surface area contributed by atoms with Crippen molar-refractivity contribution in [1.29, 1.82) is 0 Å². The summed E-state index contributed by atoms with van der Waals surface area (Å²) in [4.78, 5) is 12.1. The summed E-state index contributed by atoms with van der Waals surface area (Å²) in [7, 11) is 3.45. The molecule has 0 saturated carbocycles. The number of carbonyl (C=O) groups excluding carboxylic acids is 1. The first-order chi connectivity index (χ1) is 10.6. The van der Waals surface area contributed by atoms with E-state index in [4.69, 9.17) is 9.47 Å². The van der Waals surface area contributed by atoms with E-state index in [2.05, 4.69) is 10.4 Å². The molecule has 2 rings (SSSR count). The van der Waals surface area contributed by atoms with E-state index in [0.29, 0.717) is 25.3 Å². The molecule has 0 spiro atoms. The number of hydrogen-bond donors (Lipinski definition) is 1. The molecular weight excluding hydrogens is 282 g/mol. The molecule has 0 aliphatic heterocycles. The fourth-order valence-electron chi connectivity index (χ4n) is 1.95. The highest BCUT2D eigenvalue weighted by Gasteiger charge is 2.12. The van der Waals surface area contributed by atoms with Crippen molar-refractivity contribution in [2.75, 3.05) is 20.3 Å². The summed E-state index contributed by atoms with van der Waals surface area (Å²) < 4.78 is 12.1. The Balaban J connectivity index is 1.86. The van der Waals surface area contributed by atoms with Gasteiger partial charge in [0.15, 0.2) is 0 Å². The lowest BCUT2D eigenvalue weighted by Crippen LogP contribution is -2.23. The molecule has 0 atom stereocenters. The first-order valence-electron chi connectivity index (χ1n) is 7.09. The van der Waals surface area contributed by atoms with E-state index in [9.17, 15) is 4.79 Å². The standard InChI is InChI=1S/C16H21N3O3/c1-12-15(11-18-19(12)2)16(20)17-10-13-4-6-14(7-5-13)22-9-8-21-3/h4-7,11H,8-10H2,1-3H3,(H,17,20). The Bertz CT molecular complexity index is 620. The molecule has 1 aromatic carbocycles. The number of aryl methyl sites for hydroxylation is 1. The second-order valence-electron chi connectivity index (χ2n) is 4.94. The second-order valence-corrected chi connectivity index (χ2v) is 4.94. The molecule has 6 heteroatoms. The van der Waals surface area contributed by atoms with Crippen LogP contribution in [0.4, 0.5) is 0 Å². The number of carbonyl (C=O) groups is 1. The highest BCUT2D eigenvalue weighted by Crippen LogP contribution is 2.12. The van der Waals surface area contributed by atoms with Gasteiger partial charge in [-0.3, -0.25) is 9.48 Å². The second kappa shape index (κ2) is 7.61. The van der Waals surface area contributed by atoms with Crippen LogP contribution in [0, 0.1) is 6.92 Å². The predicted molar refractivity (Wildman–Crippen MR) is 82.9 cm³/mol. The molecule has 0 bridgehead atoms. The van der Waals surface area contributed by atoms with Gasteiger partial charge >= 0.3 is 0 Å². The van der Waals surface area contributed by atoms with Crippen LogP contribution in [0.3, 0.4) is 0 Å². The molecule has 0 fully saturated rings. The highest BCUT2D eigenvalue weighted by atomic mass is 16.5. The number of amides is 1. The fraction of sp³-hybridized carbons (Fsp3) is 0.375. The van der Waals surface area contributed by atoms with Gasteiger partial charge in [0.1, 0.15) is 12.4 Å². The molecule has 0 aliphatic carbocycles. The van der Waals surface area contributed by atoms with Crippen molar-refractivity contribution in [3.8, 4) is 5.75 Å². The van der Waals surface area contributed by atoms with Crippen molar-refractivity contribution in [3.05, 3.63) is 47.3 Å². The minimum Gasteiger partial charge on any atom is -0.491 e. The summed E-state index contributed by atoms with van der Waals surface area (Å²) >= 11 is 0. The molecule has 0 saturated heterocycles. The molecule has 22 heavy (non-hydrogen) atoms. The summed E-state index contributed by atoms with van der Waals surface area (Å²) in [6.07, 6.45) is 1.58. The zero-order valence-electron chi connectivity index (χ0n) is 13.1. The van der Waals surface area contributed by atoms with Crippen molar-refractivity contribution >= 4 is 5.91 Å². The maximum Gasteiger partial charge on any atom is 0.255 e. The summed E-state index contributed by atoms with van der Waals surface area (Å²) in [5.74, 6) is 0.668. The van der Waals surface area contributed by atoms with Gasteiger partial charge in [-0.2, -0.15) is 5.10 Å². The lowest BCUT2D eigenvalue weighted by atomic mass is 10.2. The average Bonchev–Trinajstić information content (AvgIpc) is 2.86. The number of ether oxygens (including phenoxy) is 2. The van der Waals surface area contributed by atoms with Gasteiger partial charge in [-0.25, -0.2) is 0 Å². The van der Waals surface area contributed by atoms with Gasteiger partial charge in [0, 0.05) is 26.4 Å². The summed E-state index contributed by atoms with van der Waals surface area (Å²) in [5.41, 5.74) is 2.45. The Morgan fingerprint density at radius 3 is 2.59 bits per heavy atom. The third-order valence-corrected chi connectivity index (χ3v) is 3.41. The maximum atomic E-state index is 12.1. The molecule has 0 radical (unpaired) electrons. The van der Waals surface area contributed by atoms with Crippen LogP contribution in [-0.4, -0.2) is 36.0 Å². The molecule has 0 aliphatic rings. The van der Waals surface area contributed by atoms with Gasteiger partial charge in [-0.05, 0) is 24.6 Å². The zero-order chi connectivity index (χ0) is 15.9. The van der Waals surface area contributed by atoms with Crippen molar-refractivity contribution in [1.82, 2.24) is 15.1 Å². The van der Waals surface area contributed by atoms with E-state index in [1.807, 2.05) is 38.2 Å². The minimum atomic E-state index is -0.119. The molecule has 118 valence electrons. The van der Waals surface area contributed by atoms with E-state index < -0.39 is 0 Å². The minimum absolute atomic E-state index is 0.119. The third-order valence-electron chi connectivity index (χ3n) is 3.41. The van der Waals surface area contributed by atoms with E-state index in [0.717, 1.165) is 17.0 Å². The van der Waals surface area contributed by atoms with E-state index in [-0.39, 0.29) is 5.91 Å². The van der Waals surface area contributed by atoms with Gasteiger partial charge in [-0.1, -0.05) is 12.1 Å². The first-order valence-corrected chi connectivity index (χ1v) is 7.09. The van der Waals surface area contributed by atoms with Gasteiger partial charge in [0.25, 0.3) is 5.91 Å². The molecule has 6 nitrogen and oxygen atoms in total. The predicted octanol–water partition coefficient (Wildman–Crippen LogP) is 1.68. The lowest BCUT2D eigenvalue weighted by molar-refractivity contribution is 0.0950. The summed E-state index contributed by atoms with van der Waals surface area (Å²) in [5, 5.41) is 6.96. The average molecular weight is 303 g/mol. The number of methoxy groups -OCH3 is 1. The number of benzene rings is 1. The van der Waals surface area contributed by atoms with E-state index in [1.165, 1.54) is 0 Å². The van der Waals surface area contributed by atoms with Crippen molar-refractivity contribution in [3.63, 3.8) is 0 Å². The number of rotatable bonds is 7. The van der Waals surface area contributed by atoms with Crippen molar-refractivity contribution in [2.45, 2.75) is 13.5 Å². The van der Waals surface area contributed by atoms with Crippen LogP contribution in [0.5, 0.6) is 5.75 Å². The Morgan fingerprint density at radius 2 is 2.00 bits per heavy atom. The number of hydrogen-bond acceptors (Lipinski definition) is 4. The number of aromatic nitrogens is 2. The molecule has 1 heterocycles. The van der Waals surface area contributed by atoms with Gasteiger partial charge < -0.3 is 14.8 Å². The van der Waals surface area contributed by atoms with Crippen LogP contribution in [-0.2, 0) is 18.3 Å². The molecule has 1 N–H and O–H groups in total. The van der Waals surface area contributed by atoms with Gasteiger partial charge in [0.05, 0.1) is 18.4 Å². The van der Waals surface area contributed by atoms with Crippen LogP contribution in [0.2, 0.25) is 0 Å². The third kappa shape index (κ3) is 4.08. The largest absolute Gasteiger partial charge is 0.491 e. The van der Waals surface area contributed by atoms with Gasteiger partial charge in [0.2, 0.25) is 0 Å². The molecule has 0 unspecified atom stereocenters. The smallest absolute Gasteiger partial charge is 0.255 e. The first kappa shape index (κ1) is 16.0. The Hall–Kier alpha value is -2.34. The highest BCUT2D eigenvalue weighted by molar-refractivity contribution is 5.94. The van der Waals surface area contributed by atoms with Crippen LogP contribution < -0.4 is 10.1 Å². The normalized spacial score (nSPS) is 10.5. The lowest BCUT2D eigenvalue weighted by Gasteiger charge is -2.08. The topological polar surface area (TPSA) is 65.4 Å². The molecule has 1 amide bonds. The molecule has 1 aromatic heterocycles. The molecule has 2 aromatic rings. The Morgan fingerprint density at radius 1 is 1.27 bits per heavy atom. The fourth-order valence-corrected chi connectivity index (χ4v) is 1.95. The van der Waals surface area contributed by atoms with E-state index in [1.54, 1.807) is 18.0 Å². The quantitative estimate of drug-likeness (QED) is 0.790. The van der Waals surface area contributed by atoms with E-state index >= 15 is 0 Å². The number of nitrogens with zero attached hydrogens (tertiary/aromatic N) is 2. The molecular formula is C16H21N3O3. The SMILES string of the molecule is COCCOc1ccc(CNC(=O)c2cnn(C)c2C)cc1.